The zero-order valence-corrected chi connectivity index (χ0v) is 12.8. The van der Waals surface area contributed by atoms with Gasteiger partial charge in [0.25, 0.3) is 11.8 Å². The fraction of sp³-hybridized carbons (Fsp3) is 0.133. The zero-order valence-electron chi connectivity index (χ0n) is 12.0. The molecule has 23 heavy (non-hydrogen) atoms. The Balaban J connectivity index is 1.68. The number of thiophene rings is 1. The summed E-state index contributed by atoms with van der Waals surface area (Å²) in [7, 11) is 0. The van der Waals surface area contributed by atoms with E-state index in [1.165, 1.54) is 23.5 Å². The molecule has 0 atom stereocenters. The molecule has 1 aromatic carbocycles. The Labute approximate surface area is 134 Å². The normalized spacial score (nSPS) is 10.7. The van der Waals surface area contributed by atoms with Crippen molar-refractivity contribution in [1.29, 1.82) is 0 Å². The summed E-state index contributed by atoms with van der Waals surface area (Å²) in [6, 6.07) is 7.19. The molecule has 0 aliphatic rings. The highest BCUT2D eigenvalue weighted by Crippen LogP contribution is 2.26. The van der Waals surface area contributed by atoms with Gasteiger partial charge in [0.15, 0.2) is 11.6 Å². The second-order valence-electron chi connectivity index (χ2n) is 4.70. The molecule has 5 nitrogen and oxygen atoms in total. The SMILES string of the molecule is Cc1ccc(-c2nnc(CNC(=O)c3cccc(F)c3F)o2)s1. The molecule has 0 bridgehead atoms. The van der Waals surface area contributed by atoms with Crippen LogP contribution < -0.4 is 5.32 Å². The van der Waals surface area contributed by atoms with Crippen LogP contribution in [-0.4, -0.2) is 16.1 Å². The lowest BCUT2D eigenvalue weighted by molar-refractivity contribution is 0.0942. The Morgan fingerprint density at radius 2 is 2.09 bits per heavy atom. The largest absolute Gasteiger partial charge is 0.418 e. The molecule has 2 heterocycles. The van der Waals surface area contributed by atoms with Gasteiger partial charge in [0.2, 0.25) is 5.89 Å². The molecule has 0 radical (unpaired) electrons. The lowest BCUT2D eigenvalue weighted by atomic mass is 10.2. The van der Waals surface area contributed by atoms with Crippen molar-refractivity contribution in [2.75, 3.05) is 0 Å². The second-order valence-corrected chi connectivity index (χ2v) is 5.98. The second kappa shape index (κ2) is 6.25. The van der Waals surface area contributed by atoms with Gasteiger partial charge in [-0.3, -0.25) is 4.79 Å². The Hall–Kier alpha value is -2.61. The first-order chi connectivity index (χ1) is 11.0. The van der Waals surface area contributed by atoms with E-state index < -0.39 is 17.5 Å². The lowest BCUT2D eigenvalue weighted by Crippen LogP contribution is -2.24. The van der Waals surface area contributed by atoms with Gasteiger partial charge in [-0.15, -0.1) is 21.5 Å². The summed E-state index contributed by atoms with van der Waals surface area (Å²) >= 11 is 1.50. The molecule has 0 spiro atoms. The third kappa shape index (κ3) is 3.26. The molecule has 3 aromatic rings. The molecule has 1 N–H and O–H groups in total. The molecule has 1 amide bonds. The smallest absolute Gasteiger partial charge is 0.257 e. The van der Waals surface area contributed by atoms with Gasteiger partial charge in [0.1, 0.15) is 0 Å². The van der Waals surface area contributed by atoms with Gasteiger partial charge in [0.05, 0.1) is 17.0 Å². The van der Waals surface area contributed by atoms with Crippen LogP contribution in [0.4, 0.5) is 8.78 Å². The average Bonchev–Trinajstić information content (AvgIpc) is 3.16. The van der Waals surface area contributed by atoms with Gasteiger partial charge in [-0.2, -0.15) is 0 Å². The molecular weight excluding hydrogens is 324 g/mol. The van der Waals surface area contributed by atoms with E-state index in [0.29, 0.717) is 5.89 Å². The van der Waals surface area contributed by atoms with Crippen LogP contribution in [-0.2, 0) is 6.54 Å². The molecular formula is C15H11F2N3O2S. The number of nitrogens with zero attached hydrogens (tertiary/aromatic N) is 2. The van der Waals surface area contributed by atoms with E-state index in [1.807, 2.05) is 19.1 Å². The van der Waals surface area contributed by atoms with Crippen LogP contribution in [0.5, 0.6) is 0 Å². The van der Waals surface area contributed by atoms with Gasteiger partial charge >= 0.3 is 0 Å². The molecule has 2 aromatic heterocycles. The fourth-order valence-electron chi connectivity index (χ4n) is 1.90. The molecule has 0 saturated heterocycles. The number of halogens is 2. The molecule has 118 valence electrons. The lowest BCUT2D eigenvalue weighted by Gasteiger charge is -2.04. The van der Waals surface area contributed by atoms with Crippen molar-refractivity contribution in [3.63, 3.8) is 0 Å². The van der Waals surface area contributed by atoms with Gasteiger partial charge in [-0.25, -0.2) is 8.78 Å². The van der Waals surface area contributed by atoms with Crippen molar-refractivity contribution in [3.8, 4) is 10.8 Å². The minimum atomic E-state index is -1.19. The number of rotatable bonds is 4. The first-order valence-corrected chi connectivity index (χ1v) is 7.47. The van der Waals surface area contributed by atoms with E-state index in [2.05, 4.69) is 15.5 Å². The molecule has 0 aliphatic carbocycles. The Kier molecular flexibility index (Phi) is 4.16. The van der Waals surface area contributed by atoms with E-state index >= 15 is 0 Å². The predicted molar refractivity (Wildman–Crippen MR) is 79.9 cm³/mol. The Morgan fingerprint density at radius 1 is 1.26 bits per heavy atom. The van der Waals surface area contributed by atoms with Gasteiger partial charge in [0, 0.05) is 4.88 Å². The topological polar surface area (TPSA) is 68.0 Å². The fourth-order valence-corrected chi connectivity index (χ4v) is 2.69. The summed E-state index contributed by atoms with van der Waals surface area (Å²) in [5, 5.41) is 10.1. The van der Waals surface area contributed by atoms with Crippen LogP contribution in [0.2, 0.25) is 0 Å². The van der Waals surface area contributed by atoms with Gasteiger partial charge in [-0.1, -0.05) is 6.07 Å². The van der Waals surface area contributed by atoms with Crippen molar-refractivity contribution in [2.24, 2.45) is 0 Å². The van der Waals surface area contributed by atoms with Gasteiger partial charge in [-0.05, 0) is 31.2 Å². The maximum absolute atomic E-state index is 13.5. The first-order valence-electron chi connectivity index (χ1n) is 6.66. The number of amides is 1. The van der Waals surface area contributed by atoms with Crippen molar-refractivity contribution in [2.45, 2.75) is 13.5 Å². The van der Waals surface area contributed by atoms with Crippen LogP contribution in [0, 0.1) is 18.6 Å². The van der Waals surface area contributed by atoms with E-state index in [9.17, 15) is 13.6 Å². The summed E-state index contributed by atoms with van der Waals surface area (Å²) < 4.78 is 32.0. The number of nitrogens with one attached hydrogen (secondary N) is 1. The Morgan fingerprint density at radius 3 is 2.83 bits per heavy atom. The number of aromatic nitrogens is 2. The van der Waals surface area contributed by atoms with Crippen molar-refractivity contribution >= 4 is 17.2 Å². The highest BCUT2D eigenvalue weighted by atomic mass is 32.1. The summed E-state index contributed by atoms with van der Waals surface area (Å²) in [6.45, 7) is 1.88. The highest BCUT2D eigenvalue weighted by Gasteiger charge is 2.16. The highest BCUT2D eigenvalue weighted by molar-refractivity contribution is 7.15. The maximum Gasteiger partial charge on any atom is 0.257 e. The summed E-state index contributed by atoms with van der Waals surface area (Å²) in [6.07, 6.45) is 0. The quantitative estimate of drug-likeness (QED) is 0.794. The molecule has 0 unspecified atom stereocenters. The number of carbonyl (C=O) groups excluding carboxylic acids is 1. The number of aryl methyl sites for hydroxylation is 1. The molecule has 0 saturated carbocycles. The van der Waals surface area contributed by atoms with E-state index in [1.54, 1.807) is 0 Å². The van der Waals surface area contributed by atoms with Crippen molar-refractivity contribution < 1.29 is 18.0 Å². The van der Waals surface area contributed by atoms with Crippen LogP contribution in [0.15, 0.2) is 34.7 Å². The Bertz CT molecular complexity index is 860. The monoisotopic (exact) mass is 335 g/mol. The van der Waals surface area contributed by atoms with Crippen LogP contribution in [0.25, 0.3) is 10.8 Å². The number of hydrogen-bond acceptors (Lipinski definition) is 5. The summed E-state index contributed by atoms with van der Waals surface area (Å²) in [4.78, 5) is 13.8. The van der Waals surface area contributed by atoms with Crippen LogP contribution in [0.1, 0.15) is 21.1 Å². The number of hydrogen-bond donors (Lipinski definition) is 1. The van der Waals surface area contributed by atoms with Crippen LogP contribution >= 0.6 is 11.3 Å². The van der Waals surface area contributed by atoms with E-state index in [0.717, 1.165) is 15.8 Å². The van der Waals surface area contributed by atoms with Crippen molar-refractivity contribution in [3.05, 3.63) is 58.3 Å². The first kappa shape index (κ1) is 15.3. The molecule has 0 fully saturated rings. The predicted octanol–water partition coefficient (Wildman–Crippen LogP) is 3.31. The van der Waals surface area contributed by atoms with Crippen LogP contribution in [0.3, 0.4) is 0 Å². The van der Waals surface area contributed by atoms with E-state index in [-0.39, 0.29) is 18.0 Å². The van der Waals surface area contributed by atoms with E-state index in [4.69, 9.17) is 4.42 Å². The third-order valence-corrected chi connectivity index (χ3v) is 4.00. The summed E-state index contributed by atoms with van der Waals surface area (Å²) in [5.41, 5.74) is -0.376. The minimum Gasteiger partial charge on any atom is -0.418 e. The average molecular weight is 335 g/mol. The number of carbonyl (C=O) groups is 1. The summed E-state index contributed by atoms with van der Waals surface area (Å²) in [5.74, 6) is -2.50. The number of benzene rings is 1. The molecule has 3 rings (SSSR count). The molecule has 8 heteroatoms. The third-order valence-electron chi connectivity index (χ3n) is 3.01. The van der Waals surface area contributed by atoms with Crippen molar-refractivity contribution in [1.82, 2.24) is 15.5 Å². The maximum atomic E-state index is 13.5. The zero-order chi connectivity index (χ0) is 16.4. The molecule has 0 aliphatic heterocycles. The standard InChI is InChI=1S/C15H11F2N3O2S/c1-8-5-6-11(23-8)15-20-19-12(22-15)7-18-14(21)9-3-2-4-10(16)13(9)17/h2-6H,7H2,1H3,(H,18,21). The van der Waals surface area contributed by atoms with Gasteiger partial charge < -0.3 is 9.73 Å². The minimum absolute atomic E-state index is 0.0772.